The number of hydrogen-bond acceptors (Lipinski definition) is 6. The molecular weight excluding hydrogens is 358 g/mol. The van der Waals surface area contributed by atoms with Gasteiger partial charge in [-0.15, -0.1) is 5.10 Å². The summed E-state index contributed by atoms with van der Waals surface area (Å²) in [4.78, 5) is 28.7. The van der Waals surface area contributed by atoms with Gasteiger partial charge in [-0.2, -0.15) is 5.10 Å². The average molecular weight is 375 g/mol. The van der Waals surface area contributed by atoms with Gasteiger partial charge >= 0.3 is 0 Å². The number of benzene rings is 2. The molecule has 4 aromatic rings. The third kappa shape index (κ3) is 3.78. The molecule has 0 fully saturated rings. The second-order valence-corrected chi connectivity index (χ2v) is 6.21. The quantitative estimate of drug-likeness (QED) is 0.533. The molecule has 0 aliphatic heterocycles. The molecule has 1 amide bonds. The van der Waals surface area contributed by atoms with Gasteiger partial charge in [0.2, 0.25) is 5.91 Å². The molecule has 0 bridgehead atoms. The standard InChI is InChI=1S/C19H17N7O2/c27-18(11-26-19(28)16-7-3-4-8-17(16)23-24-26)21-9-14-5-1-2-6-15(14)10-25-13-20-12-22-25/h1-8,12-13H,9-11H2,(H,21,27). The van der Waals surface area contributed by atoms with Gasteiger partial charge in [0.05, 0.1) is 11.9 Å². The highest BCUT2D eigenvalue weighted by atomic mass is 16.2. The molecule has 28 heavy (non-hydrogen) atoms. The second-order valence-electron chi connectivity index (χ2n) is 6.21. The summed E-state index contributed by atoms with van der Waals surface area (Å²) in [5, 5.41) is 15.2. The molecule has 0 saturated carbocycles. The molecule has 4 rings (SSSR count). The smallest absolute Gasteiger partial charge is 0.278 e. The normalized spacial score (nSPS) is 10.9. The monoisotopic (exact) mass is 375 g/mol. The van der Waals surface area contributed by atoms with Crippen molar-refractivity contribution in [1.29, 1.82) is 0 Å². The molecule has 0 spiro atoms. The molecule has 2 aromatic heterocycles. The zero-order valence-corrected chi connectivity index (χ0v) is 14.9. The largest absolute Gasteiger partial charge is 0.350 e. The third-order valence-electron chi connectivity index (χ3n) is 4.32. The Morgan fingerprint density at radius 3 is 2.64 bits per heavy atom. The van der Waals surface area contributed by atoms with Gasteiger partial charge in [0, 0.05) is 6.54 Å². The first kappa shape index (κ1) is 17.5. The van der Waals surface area contributed by atoms with E-state index in [-0.39, 0.29) is 18.0 Å². The van der Waals surface area contributed by atoms with Gasteiger partial charge in [-0.3, -0.25) is 9.59 Å². The van der Waals surface area contributed by atoms with E-state index in [4.69, 9.17) is 0 Å². The molecule has 0 aliphatic carbocycles. The fourth-order valence-corrected chi connectivity index (χ4v) is 2.89. The molecule has 2 aromatic carbocycles. The molecule has 1 N–H and O–H groups in total. The van der Waals surface area contributed by atoms with Crippen molar-refractivity contribution < 1.29 is 4.79 Å². The molecule has 0 atom stereocenters. The number of carbonyl (C=O) groups excluding carboxylic acids is 1. The SMILES string of the molecule is O=C(Cn1nnc2ccccc2c1=O)NCc1ccccc1Cn1cncn1. The second kappa shape index (κ2) is 7.78. The number of amides is 1. The fourth-order valence-electron chi connectivity index (χ4n) is 2.89. The number of nitrogens with one attached hydrogen (secondary N) is 1. The van der Waals surface area contributed by atoms with Crippen LogP contribution in [-0.4, -0.2) is 35.7 Å². The van der Waals surface area contributed by atoms with Gasteiger partial charge in [-0.05, 0) is 23.3 Å². The first-order valence-electron chi connectivity index (χ1n) is 8.69. The molecule has 0 unspecified atom stereocenters. The number of fused-ring (bicyclic) bond motifs is 1. The number of rotatable bonds is 6. The Labute approximate surface area is 159 Å². The molecule has 0 radical (unpaired) electrons. The maximum Gasteiger partial charge on any atom is 0.278 e. The lowest BCUT2D eigenvalue weighted by molar-refractivity contribution is -0.122. The van der Waals surface area contributed by atoms with Crippen LogP contribution in [0.15, 0.2) is 66.0 Å². The van der Waals surface area contributed by atoms with E-state index >= 15 is 0 Å². The van der Waals surface area contributed by atoms with Crippen LogP contribution < -0.4 is 10.9 Å². The summed E-state index contributed by atoms with van der Waals surface area (Å²) in [7, 11) is 0. The Morgan fingerprint density at radius 1 is 1.04 bits per heavy atom. The maximum atomic E-state index is 12.4. The van der Waals surface area contributed by atoms with E-state index in [2.05, 4.69) is 25.7 Å². The topological polar surface area (TPSA) is 108 Å². The zero-order chi connectivity index (χ0) is 19.3. The lowest BCUT2D eigenvalue weighted by atomic mass is 10.1. The fraction of sp³-hybridized carbons (Fsp3) is 0.158. The Bertz CT molecular complexity index is 1170. The molecular formula is C19H17N7O2. The zero-order valence-electron chi connectivity index (χ0n) is 14.9. The van der Waals surface area contributed by atoms with Crippen molar-refractivity contribution in [2.45, 2.75) is 19.6 Å². The van der Waals surface area contributed by atoms with Crippen LogP contribution in [-0.2, 0) is 24.4 Å². The van der Waals surface area contributed by atoms with Crippen LogP contribution in [0.25, 0.3) is 10.9 Å². The van der Waals surface area contributed by atoms with E-state index in [9.17, 15) is 9.59 Å². The van der Waals surface area contributed by atoms with Crippen molar-refractivity contribution in [2.75, 3.05) is 0 Å². The Morgan fingerprint density at radius 2 is 1.82 bits per heavy atom. The Kier molecular flexibility index (Phi) is 4.87. The predicted molar refractivity (Wildman–Crippen MR) is 101 cm³/mol. The van der Waals surface area contributed by atoms with Crippen LogP contribution in [0.1, 0.15) is 11.1 Å². The van der Waals surface area contributed by atoms with Gasteiger partial charge in [-0.25, -0.2) is 14.3 Å². The van der Waals surface area contributed by atoms with E-state index in [1.165, 1.54) is 6.33 Å². The highest BCUT2D eigenvalue weighted by molar-refractivity contribution is 5.78. The Balaban J connectivity index is 1.44. The van der Waals surface area contributed by atoms with E-state index < -0.39 is 0 Å². The van der Waals surface area contributed by atoms with Gasteiger partial charge in [0.25, 0.3) is 5.56 Å². The van der Waals surface area contributed by atoms with Crippen molar-refractivity contribution in [3.8, 4) is 0 Å². The summed E-state index contributed by atoms with van der Waals surface area (Å²) in [5.41, 5.74) is 2.15. The first-order valence-corrected chi connectivity index (χ1v) is 8.69. The maximum absolute atomic E-state index is 12.4. The number of nitrogens with zero attached hydrogens (tertiary/aromatic N) is 6. The van der Waals surface area contributed by atoms with Crippen LogP contribution >= 0.6 is 0 Å². The van der Waals surface area contributed by atoms with Crippen molar-refractivity contribution in [2.24, 2.45) is 0 Å². The van der Waals surface area contributed by atoms with Crippen LogP contribution in [0.3, 0.4) is 0 Å². The summed E-state index contributed by atoms with van der Waals surface area (Å²) >= 11 is 0. The van der Waals surface area contributed by atoms with Crippen LogP contribution in [0.5, 0.6) is 0 Å². The van der Waals surface area contributed by atoms with E-state index in [0.717, 1.165) is 15.8 Å². The van der Waals surface area contributed by atoms with E-state index in [1.807, 2.05) is 24.3 Å². The van der Waals surface area contributed by atoms with Gasteiger partial charge < -0.3 is 5.32 Å². The molecule has 9 nitrogen and oxygen atoms in total. The molecule has 140 valence electrons. The average Bonchev–Trinajstić information content (AvgIpc) is 3.23. The van der Waals surface area contributed by atoms with Gasteiger partial charge in [0.1, 0.15) is 24.7 Å². The minimum Gasteiger partial charge on any atom is -0.350 e. The minimum atomic E-state index is -0.340. The van der Waals surface area contributed by atoms with Gasteiger partial charge in [-0.1, -0.05) is 41.6 Å². The van der Waals surface area contributed by atoms with Crippen LogP contribution in [0.4, 0.5) is 0 Å². The summed E-state index contributed by atoms with van der Waals surface area (Å²) < 4.78 is 2.78. The molecule has 2 heterocycles. The summed E-state index contributed by atoms with van der Waals surface area (Å²) in [6.45, 7) is 0.697. The predicted octanol–water partition coefficient (Wildman–Crippen LogP) is 0.748. The lowest BCUT2D eigenvalue weighted by Crippen LogP contribution is -2.34. The Hall–Kier alpha value is -3.88. The van der Waals surface area contributed by atoms with Crippen molar-refractivity contribution >= 4 is 16.8 Å². The van der Waals surface area contributed by atoms with Crippen molar-refractivity contribution in [1.82, 2.24) is 35.1 Å². The van der Waals surface area contributed by atoms with Gasteiger partial charge in [0.15, 0.2) is 0 Å². The summed E-state index contributed by atoms with van der Waals surface area (Å²) in [6, 6.07) is 14.7. The van der Waals surface area contributed by atoms with Crippen molar-refractivity contribution in [3.05, 3.63) is 82.7 Å². The lowest BCUT2D eigenvalue weighted by Gasteiger charge is -2.11. The minimum absolute atomic E-state index is 0.193. The highest BCUT2D eigenvalue weighted by Gasteiger charge is 2.10. The van der Waals surface area contributed by atoms with Crippen LogP contribution in [0, 0.1) is 0 Å². The molecule has 0 saturated heterocycles. The molecule has 9 heteroatoms. The van der Waals surface area contributed by atoms with E-state index in [1.54, 1.807) is 35.3 Å². The highest BCUT2D eigenvalue weighted by Crippen LogP contribution is 2.10. The number of aromatic nitrogens is 6. The van der Waals surface area contributed by atoms with E-state index in [0.29, 0.717) is 24.0 Å². The van der Waals surface area contributed by atoms with Crippen molar-refractivity contribution in [3.63, 3.8) is 0 Å². The summed E-state index contributed by atoms with van der Waals surface area (Å²) in [5.74, 6) is -0.317. The number of hydrogen-bond donors (Lipinski definition) is 1. The van der Waals surface area contributed by atoms with Crippen LogP contribution in [0.2, 0.25) is 0 Å². The summed E-state index contributed by atoms with van der Waals surface area (Å²) in [6.07, 6.45) is 3.12. The third-order valence-corrected chi connectivity index (χ3v) is 4.32. The number of carbonyl (C=O) groups is 1. The first-order chi connectivity index (χ1) is 13.7. The molecule has 0 aliphatic rings.